The minimum atomic E-state index is -0.479. The molecule has 168 valence electrons. The van der Waals surface area contributed by atoms with Crippen molar-refractivity contribution in [1.82, 2.24) is 19.7 Å². The average Bonchev–Trinajstić information content (AvgIpc) is 3.43. The van der Waals surface area contributed by atoms with E-state index in [-0.39, 0.29) is 24.2 Å². The second-order valence-corrected chi connectivity index (χ2v) is 10.3. The molecule has 4 aliphatic rings. The van der Waals surface area contributed by atoms with Gasteiger partial charge in [-0.15, -0.1) is 0 Å². The molecule has 8 heteroatoms. The number of carbonyl (C=O) groups excluding carboxylic acids is 2. The van der Waals surface area contributed by atoms with Gasteiger partial charge in [0.05, 0.1) is 12.2 Å². The summed E-state index contributed by atoms with van der Waals surface area (Å²) in [4.78, 5) is 38.5. The molecule has 2 unspecified atom stereocenters. The fourth-order valence-corrected chi connectivity index (χ4v) is 5.38. The number of ether oxygens (including phenoxy) is 1. The highest BCUT2D eigenvalue weighted by Crippen LogP contribution is 2.36. The summed E-state index contributed by atoms with van der Waals surface area (Å²) in [7, 11) is 0. The van der Waals surface area contributed by atoms with E-state index in [1.54, 1.807) is 0 Å². The van der Waals surface area contributed by atoms with Crippen LogP contribution in [0.5, 0.6) is 0 Å². The van der Waals surface area contributed by atoms with E-state index in [9.17, 15) is 9.59 Å². The molecule has 5 rings (SSSR count). The lowest BCUT2D eigenvalue weighted by atomic mass is 10.1. The Labute approximate surface area is 184 Å². The lowest BCUT2D eigenvalue weighted by molar-refractivity contribution is 0.0209. The molecule has 5 heterocycles. The van der Waals surface area contributed by atoms with Gasteiger partial charge in [-0.25, -0.2) is 14.6 Å². The number of aromatic nitrogens is 1. The van der Waals surface area contributed by atoms with Crippen LogP contribution in [-0.2, 0) is 17.8 Å². The van der Waals surface area contributed by atoms with Crippen LogP contribution in [0.1, 0.15) is 57.7 Å². The molecule has 3 amide bonds. The van der Waals surface area contributed by atoms with Crippen LogP contribution in [-0.4, -0.2) is 75.7 Å². The highest BCUT2D eigenvalue weighted by Gasteiger charge is 2.43. The smallest absolute Gasteiger partial charge is 0.410 e. The zero-order valence-corrected chi connectivity index (χ0v) is 18.8. The maximum atomic E-state index is 12.8. The third-order valence-electron chi connectivity index (χ3n) is 6.80. The van der Waals surface area contributed by atoms with Crippen molar-refractivity contribution < 1.29 is 14.3 Å². The number of carbonyl (C=O) groups is 2. The van der Waals surface area contributed by atoms with Gasteiger partial charge in [-0.2, -0.15) is 0 Å². The number of piperazine rings is 1. The average molecular weight is 428 g/mol. The molecular weight excluding hydrogens is 394 g/mol. The third kappa shape index (κ3) is 3.92. The van der Waals surface area contributed by atoms with E-state index in [1.165, 1.54) is 0 Å². The molecule has 31 heavy (non-hydrogen) atoms. The van der Waals surface area contributed by atoms with Crippen molar-refractivity contribution in [2.24, 2.45) is 0 Å². The number of amides is 3. The van der Waals surface area contributed by atoms with Crippen LogP contribution in [0.4, 0.5) is 15.4 Å². The van der Waals surface area contributed by atoms with Crippen molar-refractivity contribution in [3.05, 3.63) is 23.4 Å². The predicted octanol–water partition coefficient (Wildman–Crippen LogP) is 3.20. The maximum absolute atomic E-state index is 12.8. The first-order valence-electron chi connectivity index (χ1n) is 11.6. The molecule has 0 spiro atoms. The number of pyridine rings is 1. The van der Waals surface area contributed by atoms with E-state index < -0.39 is 5.60 Å². The number of hydrogen-bond donors (Lipinski definition) is 0. The van der Waals surface area contributed by atoms with Crippen LogP contribution in [0, 0.1) is 0 Å². The van der Waals surface area contributed by atoms with Gasteiger partial charge in [-0.1, -0.05) is 6.07 Å². The van der Waals surface area contributed by atoms with Crippen LogP contribution in [0.25, 0.3) is 0 Å². The molecule has 8 nitrogen and oxygen atoms in total. The number of hydrogen-bond acceptors (Lipinski definition) is 5. The summed E-state index contributed by atoms with van der Waals surface area (Å²) in [5.41, 5.74) is 1.68. The van der Waals surface area contributed by atoms with Crippen LogP contribution in [0.2, 0.25) is 0 Å². The fraction of sp³-hybridized carbons (Fsp3) is 0.696. The van der Waals surface area contributed by atoms with Crippen molar-refractivity contribution in [1.29, 1.82) is 0 Å². The summed E-state index contributed by atoms with van der Waals surface area (Å²) in [6.45, 7) is 10.0. The second kappa shape index (κ2) is 7.57. The topological polar surface area (TPSA) is 69.2 Å². The minimum absolute atomic E-state index is 0.142. The molecule has 1 aromatic heterocycles. The molecule has 0 saturated carbocycles. The van der Waals surface area contributed by atoms with Gasteiger partial charge in [0.15, 0.2) is 0 Å². The normalized spacial score (nSPS) is 25.3. The van der Waals surface area contributed by atoms with Crippen LogP contribution < -0.4 is 4.90 Å². The molecule has 0 aliphatic carbocycles. The largest absolute Gasteiger partial charge is 0.444 e. The molecule has 0 radical (unpaired) electrons. The van der Waals surface area contributed by atoms with Gasteiger partial charge in [0, 0.05) is 44.8 Å². The fourth-order valence-electron chi connectivity index (χ4n) is 5.38. The molecule has 0 aromatic carbocycles. The highest BCUT2D eigenvalue weighted by atomic mass is 16.6. The number of fused-ring (bicyclic) bond motifs is 3. The summed E-state index contributed by atoms with van der Waals surface area (Å²) < 4.78 is 5.59. The number of rotatable bonds is 1. The highest BCUT2D eigenvalue weighted by molar-refractivity contribution is 5.75. The summed E-state index contributed by atoms with van der Waals surface area (Å²) in [5.74, 6) is 0.977. The van der Waals surface area contributed by atoms with Gasteiger partial charge in [0.2, 0.25) is 0 Å². The summed E-state index contributed by atoms with van der Waals surface area (Å²) in [6, 6.07) is 4.90. The molecule has 0 N–H and O–H groups in total. The van der Waals surface area contributed by atoms with Crippen molar-refractivity contribution in [2.75, 3.05) is 31.1 Å². The Balaban J connectivity index is 1.27. The lowest BCUT2D eigenvalue weighted by Gasteiger charge is -2.42. The van der Waals surface area contributed by atoms with Gasteiger partial charge >= 0.3 is 12.1 Å². The van der Waals surface area contributed by atoms with Crippen molar-refractivity contribution in [2.45, 2.75) is 77.2 Å². The summed E-state index contributed by atoms with van der Waals surface area (Å²) >= 11 is 0. The minimum Gasteiger partial charge on any atom is -0.444 e. The molecule has 2 atom stereocenters. The van der Waals surface area contributed by atoms with E-state index in [0.717, 1.165) is 55.8 Å². The van der Waals surface area contributed by atoms with Crippen molar-refractivity contribution in [3.8, 4) is 0 Å². The monoisotopic (exact) mass is 427 g/mol. The van der Waals surface area contributed by atoms with Crippen molar-refractivity contribution in [3.63, 3.8) is 0 Å². The van der Waals surface area contributed by atoms with E-state index in [0.29, 0.717) is 26.2 Å². The van der Waals surface area contributed by atoms with E-state index in [2.05, 4.69) is 17.0 Å². The van der Waals surface area contributed by atoms with Gasteiger partial charge in [-0.05, 0) is 58.1 Å². The quantitative estimate of drug-likeness (QED) is 0.688. The van der Waals surface area contributed by atoms with Crippen LogP contribution in [0.15, 0.2) is 12.1 Å². The number of urea groups is 1. The third-order valence-corrected chi connectivity index (χ3v) is 6.80. The van der Waals surface area contributed by atoms with Crippen LogP contribution in [0.3, 0.4) is 0 Å². The Morgan fingerprint density at radius 1 is 0.968 bits per heavy atom. The molecule has 2 bridgehead atoms. The molecule has 3 fully saturated rings. The number of anilines is 1. The van der Waals surface area contributed by atoms with E-state index >= 15 is 0 Å². The lowest BCUT2D eigenvalue weighted by Crippen LogP contribution is -2.56. The molecule has 4 aliphatic heterocycles. The van der Waals surface area contributed by atoms with Crippen LogP contribution >= 0.6 is 0 Å². The SMILES string of the molecule is CC(C)(C)OC(=O)N1CC2CCC(C1)N2c1ccc2c(n1)CN(C(=O)N1CCCC1)C2. The van der Waals surface area contributed by atoms with Gasteiger partial charge in [-0.3, -0.25) is 0 Å². The summed E-state index contributed by atoms with van der Waals surface area (Å²) in [6.07, 6.45) is 4.10. The maximum Gasteiger partial charge on any atom is 0.410 e. The van der Waals surface area contributed by atoms with E-state index in [4.69, 9.17) is 9.72 Å². The Bertz CT molecular complexity index is 862. The Morgan fingerprint density at radius 2 is 1.65 bits per heavy atom. The predicted molar refractivity (Wildman–Crippen MR) is 117 cm³/mol. The Morgan fingerprint density at radius 3 is 2.29 bits per heavy atom. The number of nitrogens with zero attached hydrogens (tertiary/aromatic N) is 5. The number of likely N-dealkylation sites (tertiary alicyclic amines) is 2. The first-order valence-corrected chi connectivity index (χ1v) is 11.6. The first-order chi connectivity index (χ1) is 14.8. The molecule has 1 aromatic rings. The second-order valence-electron chi connectivity index (χ2n) is 10.3. The van der Waals surface area contributed by atoms with E-state index in [1.807, 2.05) is 35.5 Å². The van der Waals surface area contributed by atoms with Crippen molar-refractivity contribution >= 4 is 17.9 Å². The Kier molecular flexibility index (Phi) is 4.98. The van der Waals surface area contributed by atoms with Gasteiger partial charge in [0.25, 0.3) is 0 Å². The standard InChI is InChI=1S/C23H33N5O3/c1-23(2,3)31-22(30)27-13-17-7-8-18(14-27)28(17)20-9-6-16-12-26(15-19(16)24-20)21(29)25-10-4-5-11-25/h6,9,17-18H,4-5,7-8,10-15H2,1-3H3. The molecule has 3 saturated heterocycles. The first kappa shape index (κ1) is 20.4. The zero-order valence-electron chi connectivity index (χ0n) is 18.8. The zero-order chi connectivity index (χ0) is 21.8. The summed E-state index contributed by atoms with van der Waals surface area (Å²) in [5, 5.41) is 0. The Hall–Kier alpha value is -2.51. The molecular formula is C23H33N5O3. The van der Waals surface area contributed by atoms with Gasteiger partial charge < -0.3 is 24.3 Å². The van der Waals surface area contributed by atoms with Gasteiger partial charge in [0.1, 0.15) is 11.4 Å².